The molecule has 0 aliphatic heterocycles. The van der Waals surface area contributed by atoms with Gasteiger partial charge in [0, 0.05) is 10.4 Å². The van der Waals surface area contributed by atoms with Crippen molar-refractivity contribution < 1.29 is 0 Å². The molecule has 1 aromatic heterocycles. The Morgan fingerprint density at radius 2 is 1.95 bits per heavy atom. The summed E-state index contributed by atoms with van der Waals surface area (Å²) in [4.78, 5) is 1.26. The Kier molecular flexibility index (Phi) is 4.07. The van der Waals surface area contributed by atoms with E-state index in [1.807, 2.05) is 0 Å². The molecule has 2 N–H and O–H groups in total. The van der Waals surface area contributed by atoms with Gasteiger partial charge in [0.1, 0.15) is 0 Å². The number of aryl methyl sites for hydroxylation is 1. The lowest BCUT2D eigenvalue weighted by molar-refractivity contribution is 0.590. The van der Waals surface area contributed by atoms with Crippen LogP contribution in [0.5, 0.6) is 0 Å². The summed E-state index contributed by atoms with van der Waals surface area (Å²) in [6, 6.07) is 8.84. The van der Waals surface area contributed by atoms with E-state index in [0.717, 1.165) is 12.1 Å². The van der Waals surface area contributed by atoms with E-state index in [1.54, 1.807) is 11.5 Å². The number of nitrogens with two attached hydrogens (primary N) is 1. The maximum atomic E-state index is 5.58. The molecule has 0 radical (unpaired) electrons. The summed E-state index contributed by atoms with van der Waals surface area (Å²) in [5, 5.41) is 0. The van der Waals surface area contributed by atoms with Crippen molar-refractivity contribution >= 4 is 11.5 Å². The van der Waals surface area contributed by atoms with Gasteiger partial charge in [0.15, 0.2) is 0 Å². The maximum absolute atomic E-state index is 5.58. The van der Waals surface area contributed by atoms with Gasteiger partial charge in [-0.25, -0.2) is 0 Å². The zero-order valence-electron chi connectivity index (χ0n) is 12.2. The summed E-state index contributed by atoms with van der Waals surface area (Å²) >= 11 is 1.56. The topological polar surface area (TPSA) is 38.9 Å². The third-order valence-corrected chi connectivity index (χ3v) is 4.16. The number of nitrogens with zero attached hydrogens (tertiary/aromatic N) is 1. The normalized spacial score (nSPS) is 11.8. The first-order chi connectivity index (χ1) is 8.91. The first kappa shape index (κ1) is 14.2. The van der Waals surface area contributed by atoms with Crippen LogP contribution in [0.4, 0.5) is 0 Å². The molecule has 0 amide bonds. The zero-order valence-corrected chi connectivity index (χ0v) is 13.0. The lowest BCUT2D eigenvalue weighted by atomic mass is 9.85. The first-order valence-electron chi connectivity index (χ1n) is 6.69. The SMILES string of the molecule is Cc1cc(C(C)(C)C)ccc1-c1cc(CCN)sn1. The van der Waals surface area contributed by atoms with Gasteiger partial charge in [-0.15, -0.1) is 0 Å². The van der Waals surface area contributed by atoms with Crippen molar-refractivity contribution in [2.75, 3.05) is 6.54 Å². The van der Waals surface area contributed by atoms with Crippen molar-refractivity contribution in [3.8, 4) is 11.3 Å². The highest BCUT2D eigenvalue weighted by Gasteiger charge is 2.15. The quantitative estimate of drug-likeness (QED) is 0.921. The molecule has 0 bridgehead atoms. The maximum Gasteiger partial charge on any atom is 0.0846 e. The molecule has 102 valence electrons. The zero-order chi connectivity index (χ0) is 14.0. The summed E-state index contributed by atoms with van der Waals surface area (Å²) in [6.45, 7) is 9.56. The Bertz CT molecular complexity index is 564. The van der Waals surface area contributed by atoms with Crippen molar-refractivity contribution in [2.24, 2.45) is 5.73 Å². The minimum absolute atomic E-state index is 0.191. The van der Waals surface area contributed by atoms with Crippen LogP contribution in [0.1, 0.15) is 36.8 Å². The van der Waals surface area contributed by atoms with Crippen LogP contribution in [0.3, 0.4) is 0 Å². The molecular weight excluding hydrogens is 252 g/mol. The van der Waals surface area contributed by atoms with Crippen LogP contribution in [-0.2, 0) is 11.8 Å². The van der Waals surface area contributed by atoms with E-state index in [2.05, 4.69) is 56.3 Å². The number of hydrogen-bond donors (Lipinski definition) is 1. The van der Waals surface area contributed by atoms with Gasteiger partial charge >= 0.3 is 0 Å². The Hall–Kier alpha value is -1.19. The van der Waals surface area contributed by atoms with E-state index < -0.39 is 0 Å². The van der Waals surface area contributed by atoms with Gasteiger partial charge in [-0.2, -0.15) is 4.37 Å². The van der Waals surface area contributed by atoms with Crippen molar-refractivity contribution in [1.82, 2.24) is 4.37 Å². The fraction of sp³-hybridized carbons (Fsp3) is 0.438. The van der Waals surface area contributed by atoms with Gasteiger partial charge in [-0.05, 0) is 54.0 Å². The van der Waals surface area contributed by atoms with Gasteiger partial charge in [-0.1, -0.05) is 39.0 Å². The molecule has 0 aliphatic rings. The predicted octanol–water partition coefficient (Wildman–Crippen LogP) is 3.92. The smallest absolute Gasteiger partial charge is 0.0846 e. The number of hydrogen-bond acceptors (Lipinski definition) is 3. The molecule has 1 aromatic carbocycles. The molecule has 0 spiro atoms. The number of aromatic nitrogens is 1. The van der Waals surface area contributed by atoms with Crippen molar-refractivity contribution in [3.63, 3.8) is 0 Å². The number of rotatable bonds is 3. The lowest BCUT2D eigenvalue weighted by Crippen LogP contribution is -2.11. The minimum atomic E-state index is 0.191. The number of benzene rings is 1. The monoisotopic (exact) mass is 274 g/mol. The van der Waals surface area contributed by atoms with Gasteiger partial charge in [0.25, 0.3) is 0 Å². The third-order valence-electron chi connectivity index (χ3n) is 3.32. The molecule has 0 saturated heterocycles. The summed E-state index contributed by atoms with van der Waals surface area (Å²) in [5.41, 5.74) is 10.7. The van der Waals surface area contributed by atoms with Gasteiger partial charge in [-0.3, -0.25) is 0 Å². The second-order valence-electron chi connectivity index (χ2n) is 6.00. The van der Waals surface area contributed by atoms with E-state index in [-0.39, 0.29) is 5.41 Å². The van der Waals surface area contributed by atoms with E-state index >= 15 is 0 Å². The second kappa shape index (κ2) is 5.43. The molecular formula is C16H22N2S. The molecule has 0 aliphatic carbocycles. The largest absolute Gasteiger partial charge is 0.330 e. The van der Waals surface area contributed by atoms with E-state index in [4.69, 9.17) is 5.73 Å². The third kappa shape index (κ3) is 3.23. The summed E-state index contributed by atoms with van der Waals surface area (Å²) in [7, 11) is 0. The Morgan fingerprint density at radius 1 is 1.21 bits per heavy atom. The minimum Gasteiger partial charge on any atom is -0.330 e. The first-order valence-corrected chi connectivity index (χ1v) is 7.46. The van der Waals surface area contributed by atoms with Gasteiger partial charge in [0.05, 0.1) is 5.69 Å². The molecule has 2 aromatic rings. The van der Waals surface area contributed by atoms with E-state index in [9.17, 15) is 0 Å². The van der Waals surface area contributed by atoms with Crippen molar-refractivity contribution in [2.45, 2.75) is 39.5 Å². The standard InChI is InChI=1S/C16H22N2S/c1-11-9-12(16(2,3)4)5-6-14(11)15-10-13(7-8-17)19-18-15/h5-6,9-10H,7-8,17H2,1-4H3. The highest BCUT2D eigenvalue weighted by Crippen LogP contribution is 2.30. The molecule has 2 rings (SSSR count). The molecule has 2 nitrogen and oxygen atoms in total. The highest BCUT2D eigenvalue weighted by molar-refractivity contribution is 7.06. The second-order valence-corrected chi connectivity index (χ2v) is 6.89. The Labute approximate surface area is 119 Å². The predicted molar refractivity (Wildman–Crippen MR) is 83.7 cm³/mol. The van der Waals surface area contributed by atoms with Crippen molar-refractivity contribution in [1.29, 1.82) is 0 Å². The van der Waals surface area contributed by atoms with Crippen LogP contribution in [0.2, 0.25) is 0 Å². The average Bonchev–Trinajstić information content (AvgIpc) is 2.76. The van der Waals surface area contributed by atoms with E-state index in [0.29, 0.717) is 6.54 Å². The van der Waals surface area contributed by atoms with Gasteiger partial charge in [0.2, 0.25) is 0 Å². The molecule has 0 atom stereocenters. The molecule has 1 heterocycles. The molecule has 19 heavy (non-hydrogen) atoms. The highest BCUT2D eigenvalue weighted by atomic mass is 32.1. The Morgan fingerprint density at radius 3 is 2.53 bits per heavy atom. The van der Waals surface area contributed by atoms with Crippen LogP contribution in [0.15, 0.2) is 24.3 Å². The fourth-order valence-corrected chi connectivity index (χ4v) is 2.86. The molecule has 3 heteroatoms. The Balaban J connectivity index is 2.35. The van der Waals surface area contributed by atoms with Crippen LogP contribution in [0, 0.1) is 6.92 Å². The summed E-state index contributed by atoms with van der Waals surface area (Å²) < 4.78 is 4.54. The van der Waals surface area contributed by atoms with Crippen LogP contribution in [0.25, 0.3) is 11.3 Å². The van der Waals surface area contributed by atoms with Crippen molar-refractivity contribution in [3.05, 3.63) is 40.3 Å². The molecule has 0 fully saturated rings. The van der Waals surface area contributed by atoms with Crippen LogP contribution >= 0.6 is 11.5 Å². The summed E-state index contributed by atoms with van der Waals surface area (Å²) in [5.74, 6) is 0. The fourth-order valence-electron chi connectivity index (χ4n) is 2.12. The van der Waals surface area contributed by atoms with E-state index in [1.165, 1.54) is 21.6 Å². The van der Waals surface area contributed by atoms with Crippen LogP contribution < -0.4 is 5.73 Å². The molecule has 0 saturated carbocycles. The van der Waals surface area contributed by atoms with Gasteiger partial charge < -0.3 is 5.73 Å². The van der Waals surface area contributed by atoms with Crippen LogP contribution in [-0.4, -0.2) is 10.9 Å². The lowest BCUT2D eigenvalue weighted by Gasteiger charge is -2.20. The summed E-state index contributed by atoms with van der Waals surface area (Å²) in [6.07, 6.45) is 0.913. The molecule has 0 unspecified atom stereocenters. The average molecular weight is 274 g/mol.